The predicted molar refractivity (Wildman–Crippen MR) is 85.0 cm³/mol. The zero-order valence-corrected chi connectivity index (χ0v) is 13.4. The van der Waals surface area contributed by atoms with Crippen LogP contribution in [0, 0.1) is 10.1 Å². The lowest BCUT2D eigenvalue weighted by atomic mass is 10.0. The van der Waals surface area contributed by atoms with E-state index in [0.717, 1.165) is 12.8 Å². The Balaban J connectivity index is 1.62. The quantitative estimate of drug-likeness (QED) is 0.614. The Morgan fingerprint density at radius 2 is 2.08 bits per heavy atom. The molecule has 9 heteroatoms. The summed E-state index contributed by atoms with van der Waals surface area (Å²) in [4.78, 5) is 15.1. The fourth-order valence-electron chi connectivity index (χ4n) is 2.87. The summed E-state index contributed by atoms with van der Waals surface area (Å²) in [5.41, 5.74) is -0.274. The molecule has 0 amide bonds. The van der Waals surface area contributed by atoms with E-state index < -0.39 is 10.5 Å². The number of nitro benzene ring substituents is 1. The van der Waals surface area contributed by atoms with E-state index in [1.54, 1.807) is 6.07 Å². The van der Waals surface area contributed by atoms with Crippen LogP contribution in [0.5, 0.6) is 11.5 Å². The van der Waals surface area contributed by atoms with Gasteiger partial charge in [0, 0.05) is 12.7 Å². The van der Waals surface area contributed by atoms with E-state index in [4.69, 9.17) is 18.7 Å². The van der Waals surface area contributed by atoms with Crippen LogP contribution in [-0.4, -0.2) is 28.5 Å². The summed E-state index contributed by atoms with van der Waals surface area (Å²) < 4.78 is 21.3. The summed E-state index contributed by atoms with van der Waals surface area (Å²) in [6.45, 7) is 2.63. The van der Waals surface area contributed by atoms with E-state index in [0.29, 0.717) is 29.5 Å². The number of nitrogens with zero attached hydrogens (tertiary/aromatic N) is 3. The molecule has 1 atom stereocenters. The van der Waals surface area contributed by atoms with Crippen molar-refractivity contribution < 1.29 is 23.7 Å². The molecule has 1 unspecified atom stereocenters. The van der Waals surface area contributed by atoms with Gasteiger partial charge in [0.05, 0.1) is 16.6 Å². The summed E-state index contributed by atoms with van der Waals surface area (Å²) in [7, 11) is 0. The van der Waals surface area contributed by atoms with Crippen LogP contribution in [0.4, 0.5) is 5.69 Å². The van der Waals surface area contributed by atoms with Crippen molar-refractivity contribution in [1.29, 1.82) is 0 Å². The highest BCUT2D eigenvalue weighted by molar-refractivity contribution is 5.74. The molecule has 2 aliphatic heterocycles. The molecule has 0 bridgehead atoms. The van der Waals surface area contributed by atoms with Gasteiger partial charge in [-0.2, -0.15) is 4.98 Å². The molecule has 4 rings (SSSR count). The number of ether oxygens (including phenoxy) is 3. The minimum Gasteiger partial charge on any atom is -0.454 e. The van der Waals surface area contributed by atoms with Gasteiger partial charge in [0.15, 0.2) is 11.5 Å². The Morgan fingerprint density at radius 1 is 1.28 bits per heavy atom. The lowest BCUT2D eigenvalue weighted by Gasteiger charge is -2.17. The molecule has 0 radical (unpaired) electrons. The van der Waals surface area contributed by atoms with Crippen LogP contribution in [-0.2, 0) is 10.3 Å². The second-order valence-corrected chi connectivity index (χ2v) is 5.99. The van der Waals surface area contributed by atoms with Crippen molar-refractivity contribution >= 4 is 17.8 Å². The summed E-state index contributed by atoms with van der Waals surface area (Å²) in [5.74, 6) is 1.54. The van der Waals surface area contributed by atoms with Crippen molar-refractivity contribution in [3.63, 3.8) is 0 Å². The monoisotopic (exact) mass is 345 g/mol. The number of hydrogen-bond acceptors (Lipinski definition) is 8. The molecule has 2 aromatic rings. The highest BCUT2D eigenvalue weighted by Crippen LogP contribution is 2.38. The van der Waals surface area contributed by atoms with Crippen LogP contribution >= 0.6 is 0 Å². The molecule has 1 fully saturated rings. The topological polar surface area (TPSA) is 110 Å². The smallest absolute Gasteiger partial charge is 0.280 e. The Kier molecular flexibility index (Phi) is 3.65. The zero-order chi connectivity index (χ0) is 17.4. The molecule has 1 aromatic heterocycles. The highest BCUT2D eigenvalue weighted by atomic mass is 16.7. The number of nitro groups is 1. The molecule has 9 nitrogen and oxygen atoms in total. The molecule has 25 heavy (non-hydrogen) atoms. The van der Waals surface area contributed by atoms with Crippen molar-refractivity contribution in [3.05, 3.63) is 39.5 Å². The van der Waals surface area contributed by atoms with Gasteiger partial charge in [-0.15, -0.1) is 0 Å². The van der Waals surface area contributed by atoms with E-state index in [-0.39, 0.29) is 18.4 Å². The van der Waals surface area contributed by atoms with Gasteiger partial charge in [-0.05, 0) is 31.9 Å². The maximum Gasteiger partial charge on any atom is 0.280 e. The number of fused-ring (bicyclic) bond motifs is 1. The lowest BCUT2D eigenvalue weighted by Crippen LogP contribution is -2.21. The van der Waals surface area contributed by atoms with Gasteiger partial charge >= 0.3 is 0 Å². The SMILES string of the molecule is CC1(c2noc(C=Cc3cc4c(cc3[N+](=O)[O-])OCO4)n2)CCCO1. The standard InChI is InChI=1S/C16H15N3O6/c1-16(5-2-6-24-16)15-17-14(25-18-15)4-3-10-7-12-13(23-9-22-12)8-11(10)19(20)21/h3-4,7-8H,2,5-6,9H2,1H3. The van der Waals surface area contributed by atoms with Gasteiger partial charge in [0.2, 0.25) is 12.6 Å². The zero-order valence-electron chi connectivity index (χ0n) is 13.4. The average Bonchev–Trinajstić information content (AvgIpc) is 3.32. The first-order valence-electron chi connectivity index (χ1n) is 7.79. The normalized spacial score (nSPS) is 22.0. The molecular formula is C16H15N3O6. The fraction of sp³-hybridized carbons (Fsp3) is 0.375. The molecular weight excluding hydrogens is 330 g/mol. The molecule has 3 heterocycles. The molecule has 0 N–H and O–H groups in total. The number of hydrogen-bond donors (Lipinski definition) is 0. The van der Waals surface area contributed by atoms with E-state index in [1.807, 2.05) is 6.92 Å². The molecule has 130 valence electrons. The first-order chi connectivity index (χ1) is 12.0. The van der Waals surface area contributed by atoms with E-state index in [2.05, 4.69) is 10.1 Å². The van der Waals surface area contributed by atoms with Crippen LogP contribution in [0.1, 0.15) is 37.0 Å². The molecule has 0 saturated carbocycles. The van der Waals surface area contributed by atoms with Crippen LogP contribution < -0.4 is 9.47 Å². The maximum absolute atomic E-state index is 11.3. The maximum atomic E-state index is 11.3. The van der Waals surface area contributed by atoms with Gasteiger partial charge in [-0.3, -0.25) is 10.1 Å². The third kappa shape index (κ3) is 2.82. The summed E-state index contributed by atoms with van der Waals surface area (Å²) in [6, 6.07) is 2.89. The Bertz CT molecular complexity index is 854. The number of benzene rings is 1. The van der Waals surface area contributed by atoms with E-state index in [9.17, 15) is 10.1 Å². The van der Waals surface area contributed by atoms with Crippen LogP contribution in [0.2, 0.25) is 0 Å². The third-order valence-electron chi connectivity index (χ3n) is 4.26. The van der Waals surface area contributed by atoms with Crippen molar-refractivity contribution in [2.45, 2.75) is 25.4 Å². The Morgan fingerprint density at radius 3 is 2.80 bits per heavy atom. The minimum atomic E-state index is -0.541. The van der Waals surface area contributed by atoms with Gasteiger partial charge < -0.3 is 18.7 Å². The first-order valence-corrected chi connectivity index (χ1v) is 7.79. The summed E-state index contributed by atoms with van der Waals surface area (Å²) in [5, 5.41) is 15.2. The van der Waals surface area contributed by atoms with Crippen molar-refractivity contribution in [2.75, 3.05) is 13.4 Å². The van der Waals surface area contributed by atoms with E-state index in [1.165, 1.54) is 18.2 Å². The van der Waals surface area contributed by atoms with Crippen LogP contribution in [0.25, 0.3) is 12.2 Å². The highest BCUT2D eigenvalue weighted by Gasteiger charge is 2.36. The first kappa shape index (κ1) is 15.6. The molecule has 0 spiro atoms. The largest absolute Gasteiger partial charge is 0.454 e. The van der Waals surface area contributed by atoms with Gasteiger partial charge in [0.25, 0.3) is 11.6 Å². The van der Waals surface area contributed by atoms with Gasteiger partial charge in [-0.1, -0.05) is 5.16 Å². The van der Waals surface area contributed by atoms with Gasteiger partial charge in [-0.25, -0.2) is 0 Å². The van der Waals surface area contributed by atoms with Gasteiger partial charge in [0.1, 0.15) is 5.60 Å². The fourth-order valence-corrected chi connectivity index (χ4v) is 2.87. The summed E-state index contributed by atoms with van der Waals surface area (Å²) >= 11 is 0. The van der Waals surface area contributed by atoms with Crippen LogP contribution in [0.15, 0.2) is 16.7 Å². The Labute approximate surface area is 142 Å². The minimum absolute atomic E-state index is 0.0469. The Hall–Kier alpha value is -2.94. The molecule has 1 saturated heterocycles. The lowest BCUT2D eigenvalue weighted by molar-refractivity contribution is -0.385. The molecule has 0 aliphatic carbocycles. The van der Waals surface area contributed by atoms with Crippen LogP contribution in [0.3, 0.4) is 0 Å². The number of rotatable bonds is 4. The second kappa shape index (κ2) is 5.85. The summed E-state index contributed by atoms with van der Waals surface area (Å²) in [6.07, 6.45) is 4.83. The van der Waals surface area contributed by atoms with Crippen molar-refractivity contribution in [3.8, 4) is 11.5 Å². The third-order valence-corrected chi connectivity index (χ3v) is 4.26. The molecule has 2 aliphatic rings. The van der Waals surface area contributed by atoms with Crippen molar-refractivity contribution in [2.24, 2.45) is 0 Å². The predicted octanol–water partition coefficient (Wildman–Crippen LogP) is 2.90. The van der Waals surface area contributed by atoms with E-state index >= 15 is 0 Å². The number of aromatic nitrogens is 2. The second-order valence-electron chi connectivity index (χ2n) is 5.99. The average molecular weight is 345 g/mol. The molecule has 1 aromatic carbocycles. The van der Waals surface area contributed by atoms with Crippen molar-refractivity contribution in [1.82, 2.24) is 10.1 Å².